The van der Waals surface area contributed by atoms with E-state index < -0.39 is 0 Å². The van der Waals surface area contributed by atoms with Crippen LogP contribution in [-0.4, -0.2) is 15.6 Å². The number of hydrogen-bond acceptors (Lipinski definition) is 3. The van der Waals surface area contributed by atoms with E-state index in [1.54, 1.807) is 0 Å². The van der Waals surface area contributed by atoms with Crippen molar-refractivity contribution in [2.75, 3.05) is 0 Å². The number of carbonyl (C=O) groups is 1. The summed E-state index contributed by atoms with van der Waals surface area (Å²) in [6.45, 7) is 8.25. The van der Waals surface area contributed by atoms with Crippen LogP contribution in [0.1, 0.15) is 28.1 Å². The first-order valence-corrected chi connectivity index (χ1v) is 8.66. The number of aryl methyl sites for hydroxylation is 3. The van der Waals surface area contributed by atoms with Crippen molar-refractivity contribution in [1.82, 2.24) is 9.88 Å². The van der Waals surface area contributed by atoms with Gasteiger partial charge in [0.25, 0.3) is 5.91 Å². The fourth-order valence-corrected chi connectivity index (χ4v) is 3.40. The Kier molecular flexibility index (Phi) is 4.37. The van der Waals surface area contributed by atoms with Gasteiger partial charge in [0.15, 0.2) is 5.17 Å². The summed E-state index contributed by atoms with van der Waals surface area (Å²) in [6.07, 6.45) is 1.94. The highest BCUT2D eigenvalue weighted by atomic mass is 32.2. The fourth-order valence-electron chi connectivity index (χ4n) is 2.56. The second kappa shape index (κ2) is 6.32. The van der Waals surface area contributed by atoms with Crippen LogP contribution in [0.25, 0.3) is 6.08 Å². The molecule has 124 valence electrons. The first-order chi connectivity index (χ1) is 11.3. The normalized spacial score (nSPS) is 17.8. The molecule has 1 aromatic heterocycles. The minimum absolute atomic E-state index is 0.0940. The zero-order chi connectivity index (χ0) is 17.4. The summed E-state index contributed by atoms with van der Waals surface area (Å²) in [5.41, 5.74) is 6.67. The van der Waals surface area contributed by atoms with Gasteiger partial charge in [-0.15, -0.1) is 0 Å². The number of benzene rings is 1. The van der Waals surface area contributed by atoms with Crippen molar-refractivity contribution in [3.63, 3.8) is 0 Å². The molecule has 2 heterocycles. The fraction of sp³-hybridized carbons (Fsp3) is 0.263. The predicted molar refractivity (Wildman–Crippen MR) is 102 cm³/mol. The zero-order valence-electron chi connectivity index (χ0n) is 14.6. The van der Waals surface area contributed by atoms with Crippen LogP contribution >= 0.6 is 11.8 Å². The third-order valence-electron chi connectivity index (χ3n) is 4.47. The Morgan fingerprint density at radius 3 is 2.50 bits per heavy atom. The molecule has 0 spiro atoms. The van der Waals surface area contributed by atoms with E-state index in [0.29, 0.717) is 10.1 Å². The number of aliphatic imine (C=N–C) groups is 1. The van der Waals surface area contributed by atoms with Gasteiger partial charge < -0.3 is 9.88 Å². The van der Waals surface area contributed by atoms with Gasteiger partial charge in [0.05, 0.1) is 10.6 Å². The molecule has 1 aromatic carbocycles. The molecule has 3 rings (SSSR count). The molecule has 0 aliphatic carbocycles. The Hall–Kier alpha value is -2.27. The lowest BCUT2D eigenvalue weighted by Crippen LogP contribution is -2.19. The number of nitrogens with zero attached hydrogens (tertiary/aromatic N) is 2. The average Bonchev–Trinajstić information content (AvgIpc) is 2.98. The molecular formula is C19H21N3OS. The van der Waals surface area contributed by atoms with Gasteiger partial charge in [0, 0.05) is 18.4 Å². The molecule has 0 saturated carbocycles. The third-order valence-corrected chi connectivity index (χ3v) is 5.38. The van der Waals surface area contributed by atoms with Gasteiger partial charge in [-0.1, -0.05) is 6.07 Å². The number of rotatable bonds is 2. The van der Waals surface area contributed by atoms with Crippen molar-refractivity contribution in [3.05, 3.63) is 57.2 Å². The van der Waals surface area contributed by atoms with E-state index in [-0.39, 0.29) is 5.91 Å². The molecule has 5 heteroatoms. The highest BCUT2D eigenvalue weighted by Gasteiger charge is 2.24. The number of amides is 1. The summed E-state index contributed by atoms with van der Waals surface area (Å²) in [5.74, 6) is -0.0940. The summed E-state index contributed by atoms with van der Waals surface area (Å²) in [7, 11) is 2.03. The summed E-state index contributed by atoms with van der Waals surface area (Å²) < 4.78 is 2.12. The molecule has 1 saturated heterocycles. The summed E-state index contributed by atoms with van der Waals surface area (Å²) in [5, 5.41) is 3.47. The highest BCUT2D eigenvalue weighted by Crippen LogP contribution is 2.29. The van der Waals surface area contributed by atoms with E-state index >= 15 is 0 Å². The van der Waals surface area contributed by atoms with Gasteiger partial charge in [-0.25, -0.2) is 4.99 Å². The summed E-state index contributed by atoms with van der Waals surface area (Å²) in [6, 6.07) is 8.13. The first kappa shape index (κ1) is 16.6. The van der Waals surface area contributed by atoms with Crippen molar-refractivity contribution in [2.45, 2.75) is 27.7 Å². The smallest absolute Gasteiger partial charge is 0.264 e. The van der Waals surface area contributed by atoms with E-state index in [4.69, 9.17) is 0 Å². The number of thioether (sulfide) groups is 1. The second-order valence-corrected chi connectivity index (χ2v) is 7.17. The van der Waals surface area contributed by atoms with Gasteiger partial charge in [0.2, 0.25) is 0 Å². The van der Waals surface area contributed by atoms with E-state index in [0.717, 1.165) is 16.9 Å². The molecule has 24 heavy (non-hydrogen) atoms. The highest BCUT2D eigenvalue weighted by molar-refractivity contribution is 8.18. The molecule has 0 radical (unpaired) electrons. The van der Waals surface area contributed by atoms with Crippen LogP contribution < -0.4 is 5.32 Å². The standard InChI is InChI=1S/C19H21N3OS/c1-11-6-7-16(8-12(11)2)20-19-21-18(23)17(24-19)10-15-9-13(3)22(5)14(15)4/h6-10H,1-5H3,(H,20,21,23)/b17-10-. The predicted octanol–water partition coefficient (Wildman–Crippen LogP) is 4.15. The number of carbonyl (C=O) groups excluding carboxylic acids is 1. The van der Waals surface area contributed by atoms with Gasteiger partial charge in [-0.05, 0) is 80.4 Å². The SMILES string of the molecule is Cc1ccc(N=C2NC(=O)/C(=C/c3cc(C)n(C)c3C)S2)cc1C. The molecule has 4 nitrogen and oxygen atoms in total. The third kappa shape index (κ3) is 3.17. The largest absolute Gasteiger partial charge is 0.352 e. The van der Waals surface area contributed by atoms with Crippen molar-refractivity contribution >= 4 is 34.6 Å². The number of amidine groups is 1. The minimum atomic E-state index is -0.0940. The van der Waals surface area contributed by atoms with Crippen LogP contribution in [0, 0.1) is 27.7 Å². The molecule has 0 bridgehead atoms. The van der Waals surface area contributed by atoms with E-state index in [1.807, 2.05) is 31.3 Å². The Labute approximate surface area is 146 Å². The summed E-state index contributed by atoms with van der Waals surface area (Å²) >= 11 is 1.38. The molecule has 1 N–H and O–H groups in total. The van der Waals surface area contributed by atoms with Crippen LogP contribution in [-0.2, 0) is 11.8 Å². The second-order valence-electron chi connectivity index (χ2n) is 6.14. The molecule has 1 amide bonds. The minimum Gasteiger partial charge on any atom is -0.352 e. The van der Waals surface area contributed by atoms with E-state index in [1.165, 1.54) is 28.6 Å². The number of aromatic nitrogens is 1. The average molecular weight is 339 g/mol. The van der Waals surface area contributed by atoms with Crippen LogP contribution in [0.5, 0.6) is 0 Å². The van der Waals surface area contributed by atoms with Gasteiger partial charge in [-0.3, -0.25) is 4.79 Å². The lowest BCUT2D eigenvalue weighted by molar-refractivity contribution is -0.115. The summed E-state index contributed by atoms with van der Waals surface area (Å²) in [4.78, 5) is 17.4. The zero-order valence-corrected chi connectivity index (χ0v) is 15.4. The van der Waals surface area contributed by atoms with Crippen LogP contribution in [0.2, 0.25) is 0 Å². The Morgan fingerprint density at radius 2 is 1.88 bits per heavy atom. The van der Waals surface area contributed by atoms with Crippen LogP contribution in [0.4, 0.5) is 5.69 Å². The molecule has 0 unspecified atom stereocenters. The lowest BCUT2D eigenvalue weighted by Gasteiger charge is -2.01. The van der Waals surface area contributed by atoms with Crippen LogP contribution in [0.3, 0.4) is 0 Å². The Bertz CT molecular complexity index is 890. The van der Waals surface area contributed by atoms with Crippen molar-refractivity contribution in [1.29, 1.82) is 0 Å². The van der Waals surface area contributed by atoms with Gasteiger partial charge >= 0.3 is 0 Å². The molecule has 2 aromatic rings. The monoisotopic (exact) mass is 339 g/mol. The molecular weight excluding hydrogens is 318 g/mol. The van der Waals surface area contributed by atoms with Gasteiger partial charge in [0.1, 0.15) is 0 Å². The Balaban J connectivity index is 1.87. The quantitative estimate of drug-likeness (QED) is 0.836. The Morgan fingerprint density at radius 1 is 1.12 bits per heavy atom. The maximum Gasteiger partial charge on any atom is 0.264 e. The van der Waals surface area contributed by atoms with Crippen molar-refractivity contribution < 1.29 is 4.79 Å². The maximum absolute atomic E-state index is 12.2. The molecule has 0 atom stereocenters. The van der Waals surface area contributed by atoms with Crippen molar-refractivity contribution in [3.8, 4) is 0 Å². The number of nitrogens with one attached hydrogen (secondary N) is 1. The number of hydrogen-bond donors (Lipinski definition) is 1. The van der Waals surface area contributed by atoms with Gasteiger partial charge in [-0.2, -0.15) is 0 Å². The van der Waals surface area contributed by atoms with Crippen molar-refractivity contribution in [2.24, 2.45) is 12.0 Å². The van der Waals surface area contributed by atoms with E-state index in [9.17, 15) is 4.79 Å². The molecule has 1 aliphatic rings. The lowest BCUT2D eigenvalue weighted by atomic mass is 10.1. The first-order valence-electron chi connectivity index (χ1n) is 7.85. The molecule has 1 fully saturated rings. The maximum atomic E-state index is 12.2. The van der Waals surface area contributed by atoms with Crippen LogP contribution in [0.15, 0.2) is 34.2 Å². The van der Waals surface area contributed by atoms with E-state index in [2.05, 4.69) is 48.6 Å². The topological polar surface area (TPSA) is 46.4 Å². The molecule has 1 aliphatic heterocycles.